The van der Waals surface area contributed by atoms with E-state index in [0.29, 0.717) is 0 Å². The van der Waals surface area contributed by atoms with Crippen LogP contribution in [0.15, 0.2) is 30.3 Å². The van der Waals surface area contributed by atoms with Crippen LogP contribution < -0.4 is 0 Å². The molecule has 0 fully saturated rings. The fraction of sp³-hybridized carbons (Fsp3) is 0.438. The maximum absolute atomic E-state index is 10.4. The van der Waals surface area contributed by atoms with Gasteiger partial charge in [-0.2, -0.15) is 0 Å². The minimum absolute atomic E-state index is 0.907. The predicted octanol–water partition coefficient (Wildman–Crippen LogP) is 4.30. The standard InChI is InChI=1S/C16H22O2/c1-2-3-4-5-6-7-14-8-10-15(11-9-14)12-13-16(17)18/h8-13H,2-7H2,1H3,(H,17,18). The number of unbranched alkanes of at least 4 members (excludes halogenated alkanes) is 4. The van der Waals surface area contributed by atoms with Crippen LogP contribution in [0, 0.1) is 0 Å². The molecule has 98 valence electrons. The number of carboxylic acid groups (broad SMARTS) is 1. The Labute approximate surface area is 109 Å². The van der Waals surface area contributed by atoms with E-state index in [-0.39, 0.29) is 0 Å². The van der Waals surface area contributed by atoms with Crippen molar-refractivity contribution in [2.45, 2.75) is 45.4 Å². The van der Waals surface area contributed by atoms with Crippen LogP contribution in [0.5, 0.6) is 0 Å². The molecule has 1 aromatic carbocycles. The largest absolute Gasteiger partial charge is 0.478 e. The molecule has 0 aromatic heterocycles. The molecule has 2 nitrogen and oxygen atoms in total. The third-order valence-electron chi connectivity index (χ3n) is 2.97. The number of hydrogen-bond acceptors (Lipinski definition) is 1. The molecule has 0 heterocycles. The molecule has 0 saturated carbocycles. The highest BCUT2D eigenvalue weighted by molar-refractivity contribution is 5.85. The summed E-state index contributed by atoms with van der Waals surface area (Å²) < 4.78 is 0. The molecular weight excluding hydrogens is 224 g/mol. The van der Waals surface area contributed by atoms with Gasteiger partial charge in [-0.1, -0.05) is 56.9 Å². The lowest BCUT2D eigenvalue weighted by Crippen LogP contribution is -1.87. The zero-order valence-electron chi connectivity index (χ0n) is 11.1. The second-order valence-electron chi connectivity index (χ2n) is 4.58. The maximum Gasteiger partial charge on any atom is 0.328 e. The lowest BCUT2D eigenvalue weighted by atomic mass is 10.0. The summed E-state index contributed by atoms with van der Waals surface area (Å²) in [5.41, 5.74) is 2.27. The molecule has 1 N–H and O–H groups in total. The van der Waals surface area contributed by atoms with E-state index >= 15 is 0 Å². The molecule has 0 radical (unpaired) electrons. The van der Waals surface area contributed by atoms with E-state index < -0.39 is 5.97 Å². The number of benzene rings is 1. The van der Waals surface area contributed by atoms with Crippen molar-refractivity contribution >= 4 is 12.0 Å². The van der Waals surface area contributed by atoms with Crippen LogP contribution in [0.3, 0.4) is 0 Å². The van der Waals surface area contributed by atoms with Crippen LogP contribution in [-0.4, -0.2) is 11.1 Å². The van der Waals surface area contributed by atoms with Crippen molar-refractivity contribution in [1.82, 2.24) is 0 Å². The first-order valence-corrected chi connectivity index (χ1v) is 6.72. The summed E-state index contributed by atoms with van der Waals surface area (Å²) in [6, 6.07) is 8.12. The van der Waals surface area contributed by atoms with E-state index in [0.717, 1.165) is 12.0 Å². The Bertz CT molecular complexity index is 377. The van der Waals surface area contributed by atoms with Crippen molar-refractivity contribution in [3.63, 3.8) is 0 Å². The van der Waals surface area contributed by atoms with Crippen LogP contribution in [0.4, 0.5) is 0 Å². The Balaban J connectivity index is 2.34. The first kappa shape index (κ1) is 14.5. The molecule has 0 aliphatic heterocycles. The van der Waals surface area contributed by atoms with E-state index in [1.165, 1.54) is 43.7 Å². The SMILES string of the molecule is CCCCCCCc1ccc(C=CC(=O)O)cc1. The lowest BCUT2D eigenvalue weighted by Gasteiger charge is -2.02. The molecule has 0 atom stereocenters. The maximum atomic E-state index is 10.4. The molecule has 2 heteroatoms. The summed E-state index contributed by atoms with van der Waals surface area (Å²) in [5.74, 6) is -0.907. The Morgan fingerprint density at radius 1 is 1.11 bits per heavy atom. The number of carboxylic acids is 1. The molecule has 0 unspecified atom stereocenters. The number of hydrogen-bond donors (Lipinski definition) is 1. The van der Waals surface area contributed by atoms with E-state index in [4.69, 9.17) is 5.11 Å². The first-order chi connectivity index (χ1) is 8.72. The van der Waals surface area contributed by atoms with Gasteiger partial charge in [-0.15, -0.1) is 0 Å². The Hall–Kier alpha value is -1.57. The minimum Gasteiger partial charge on any atom is -0.478 e. The van der Waals surface area contributed by atoms with Crippen molar-refractivity contribution in [1.29, 1.82) is 0 Å². The lowest BCUT2D eigenvalue weighted by molar-refractivity contribution is -0.131. The molecule has 1 rings (SSSR count). The van der Waals surface area contributed by atoms with Crippen LogP contribution in [0.25, 0.3) is 6.08 Å². The van der Waals surface area contributed by atoms with Gasteiger partial charge in [0, 0.05) is 6.08 Å². The zero-order valence-corrected chi connectivity index (χ0v) is 11.1. The van der Waals surface area contributed by atoms with Gasteiger partial charge in [-0.05, 0) is 30.0 Å². The second-order valence-corrected chi connectivity index (χ2v) is 4.58. The van der Waals surface area contributed by atoms with E-state index in [9.17, 15) is 4.79 Å². The Morgan fingerprint density at radius 2 is 1.78 bits per heavy atom. The topological polar surface area (TPSA) is 37.3 Å². The summed E-state index contributed by atoms with van der Waals surface area (Å²) in [6.07, 6.45) is 10.4. The molecule has 0 amide bonds. The molecule has 0 bridgehead atoms. The summed E-state index contributed by atoms with van der Waals surface area (Å²) in [4.78, 5) is 10.4. The van der Waals surface area contributed by atoms with Crippen LogP contribution in [0.2, 0.25) is 0 Å². The number of aryl methyl sites for hydroxylation is 1. The van der Waals surface area contributed by atoms with Gasteiger partial charge < -0.3 is 5.11 Å². The van der Waals surface area contributed by atoms with Gasteiger partial charge in [-0.3, -0.25) is 0 Å². The quantitative estimate of drug-likeness (QED) is 0.548. The van der Waals surface area contributed by atoms with Gasteiger partial charge in [0.25, 0.3) is 0 Å². The van der Waals surface area contributed by atoms with E-state index in [1.807, 2.05) is 12.1 Å². The Morgan fingerprint density at radius 3 is 2.39 bits per heavy atom. The number of rotatable bonds is 8. The van der Waals surface area contributed by atoms with E-state index in [1.54, 1.807) is 6.08 Å². The van der Waals surface area contributed by atoms with Crippen molar-refractivity contribution in [2.24, 2.45) is 0 Å². The highest BCUT2D eigenvalue weighted by Gasteiger charge is 1.95. The van der Waals surface area contributed by atoms with Gasteiger partial charge in [0.15, 0.2) is 0 Å². The fourth-order valence-corrected chi connectivity index (χ4v) is 1.90. The fourth-order valence-electron chi connectivity index (χ4n) is 1.90. The van der Waals surface area contributed by atoms with Gasteiger partial charge in [0.2, 0.25) is 0 Å². The van der Waals surface area contributed by atoms with E-state index in [2.05, 4.69) is 19.1 Å². The number of carbonyl (C=O) groups is 1. The van der Waals surface area contributed by atoms with Crippen molar-refractivity contribution < 1.29 is 9.90 Å². The summed E-state index contributed by atoms with van der Waals surface area (Å²) in [5, 5.41) is 8.53. The van der Waals surface area contributed by atoms with Crippen LogP contribution >= 0.6 is 0 Å². The molecule has 0 spiro atoms. The normalized spacial score (nSPS) is 10.9. The molecule has 18 heavy (non-hydrogen) atoms. The van der Waals surface area contributed by atoms with Crippen molar-refractivity contribution in [3.8, 4) is 0 Å². The summed E-state index contributed by atoms with van der Waals surface area (Å²) in [6.45, 7) is 2.23. The zero-order chi connectivity index (χ0) is 13.2. The van der Waals surface area contributed by atoms with Crippen molar-refractivity contribution in [2.75, 3.05) is 0 Å². The van der Waals surface area contributed by atoms with Gasteiger partial charge >= 0.3 is 5.97 Å². The molecule has 0 aliphatic rings. The van der Waals surface area contributed by atoms with Gasteiger partial charge in [0.1, 0.15) is 0 Å². The highest BCUT2D eigenvalue weighted by Crippen LogP contribution is 2.11. The minimum atomic E-state index is -0.907. The third kappa shape index (κ3) is 6.24. The second kappa shape index (κ2) is 8.51. The number of aliphatic carboxylic acids is 1. The first-order valence-electron chi connectivity index (χ1n) is 6.72. The molecule has 1 aromatic rings. The van der Waals surface area contributed by atoms with Gasteiger partial charge in [-0.25, -0.2) is 4.79 Å². The molecule has 0 aliphatic carbocycles. The van der Waals surface area contributed by atoms with Crippen LogP contribution in [0.1, 0.15) is 50.2 Å². The molecule has 0 saturated heterocycles. The highest BCUT2D eigenvalue weighted by atomic mass is 16.4. The van der Waals surface area contributed by atoms with Crippen LogP contribution in [-0.2, 0) is 11.2 Å². The average Bonchev–Trinajstić information content (AvgIpc) is 2.37. The molecular formula is C16H22O2. The summed E-state index contributed by atoms with van der Waals surface area (Å²) >= 11 is 0. The Kier molecular flexibility index (Phi) is 6.85. The third-order valence-corrected chi connectivity index (χ3v) is 2.97. The smallest absolute Gasteiger partial charge is 0.328 e. The summed E-state index contributed by atoms with van der Waals surface area (Å²) in [7, 11) is 0. The van der Waals surface area contributed by atoms with Gasteiger partial charge in [0.05, 0.1) is 0 Å². The monoisotopic (exact) mass is 246 g/mol. The van der Waals surface area contributed by atoms with Crippen molar-refractivity contribution in [3.05, 3.63) is 41.5 Å². The average molecular weight is 246 g/mol. The predicted molar refractivity (Wildman–Crippen MR) is 75.6 cm³/mol.